The largest absolute Gasteiger partial charge is 0.444 e. The summed E-state index contributed by atoms with van der Waals surface area (Å²) in [5.41, 5.74) is 4.79. The van der Waals surface area contributed by atoms with Crippen LogP contribution in [0.1, 0.15) is 73.1 Å². The molecular formula is C28H35ClN2O3. The van der Waals surface area contributed by atoms with Crippen LogP contribution in [0.2, 0.25) is 5.02 Å². The number of aryl methyl sites for hydroxylation is 1. The third-order valence-electron chi connectivity index (χ3n) is 6.69. The molecule has 0 aromatic heterocycles. The zero-order valence-corrected chi connectivity index (χ0v) is 21.5. The van der Waals surface area contributed by atoms with Crippen LogP contribution in [0.3, 0.4) is 0 Å². The number of carbonyl (C=O) groups excluding carboxylic acids is 2. The number of halogens is 1. The zero-order chi connectivity index (χ0) is 24.5. The lowest BCUT2D eigenvalue weighted by Gasteiger charge is -2.33. The van der Waals surface area contributed by atoms with Crippen molar-refractivity contribution in [1.29, 1.82) is 0 Å². The molecule has 0 spiro atoms. The number of hydrogen-bond acceptors (Lipinski definition) is 3. The SMILES string of the molecule is CCc1ccc(CN2Cc3cc(CC4CCN(C(=O)OC(C)(C)C)CC4)cc(Cl)c3C2=O)cc1. The molecule has 2 aromatic carbocycles. The highest BCUT2D eigenvalue weighted by Gasteiger charge is 2.31. The number of nitrogens with zero attached hydrogens (tertiary/aromatic N) is 2. The fraction of sp³-hybridized carbons (Fsp3) is 0.500. The highest BCUT2D eigenvalue weighted by Crippen LogP contribution is 2.33. The van der Waals surface area contributed by atoms with Crippen LogP contribution in [0, 0.1) is 5.92 Å². The van der Waals surface area contributed by atoms with Crippen LogP contribution in [-0.4, -0.2) is 40.5 Å². The summed E-state index contributed by atoms with van der Waals surface area (Å²) in [5.74, 6) is 0.495. The van der Waals surface area contributed by atoms with Gasteiger partial charge in [-0.25, -0.2) is 4.79 Å². The second-order valence-corrected chi connectivity index (χ2v) is 11.0. The van der Waals surface area contributed by atoms with Gasteiger partial charge in [-0.3, -0.25) is 4.79 Å². The zero-order valence-electron chi connectivity index (χ0n) is 20.7. The number of ether oxygens (including phenoxy) is 1. The highest BCUT2D eigenvalue weighted by molar-refractivity contribution is 6.34. The summed E-state index contributed by atoms with van der Waals surface area (Å²) in [6, 6.07) is 12.6. The standard InChI is InChI=1S/C28H35ClN2O3/c1-5-19-6-8-21(9-7-19)17-31-18-23-15-22(16-24(29)25(23)26(31)32)14-20-10-12-30(13-11-20)27(33)34-28(2,3)4/h6-9,15-16,20H,5,10-14,17-18H2,1-4H3. The minimum Gasteiger partial charge on any atom is -0.444 e. The Hall–Kier alpha value is -2.53. The van der Waals surface area contributed by atoms with Gasteiger partial charge in [-0.05, 0) is 80.7 Å². The van der Waals surface area contributed by atoms with Crippen LogP contribution in [0.15, 0.2) is 36.4 Å². The van der Waals surface area contributed by atoms with Crippen molar-refractivity contribution < 1.29 is 14.3 Å². The third kappa shape index (κ3) is 5.75. The van der Waals surface area contributed by atoms with E-state index in [0.717, 1.165) is 36.8 Å². The average molecular weight is 483 g/mol. The summed E-state index contributed by atoms with van der Waals surface area (Å²) in [6.45, 7) is 10.4. The van der Waals surface area contributed by atoms with Gasteiger partial charge in [0.25, 0.3) is 5.91 Å². The molecular weight excluding hydrogens is 448 g/mol. The van der Waals surface area contributed by atoms with Gasteiger partial charge >= 0.3 is 6.09 Å². The second-order valence-electron chi connectivity index (χ2n) is 10.6. The summed E-state index contributed by atoms with van der Waals surface area (Å²) in [7, 11) is 0. The maximum atomic E-state index is 13.0. The van der Waals surface area contributed by atoms with E-state index >= 15 is 0 Å². The van der Waals surface area contributed by atoms with Gasteiger partial charge < -0.3 is 14.5 Å². The second kappa shape index (κ2) is 9.99. The number of rotatable bonds is 5. The topological polar surface area (TPSA) is 49.9 Å². The molecule has 182 valence electrons. The van der Waals surface area contributed by atoms with E-state index in [9.17, 15) is 9.59 Å². The van der Waals surface area contributed by atoms with Crippen molar-refractivity contribution in [2.45, 2.75) is 72.1 Å². The summed E-state index contributed by atoms with van der Waals surface area (Å²) in [5, 5.41) is 0.549. The smallest absolute Gasteiger partial charge is 0.410 e. The minimum atomic E-state index is -0.473. The number of amides is 2. The van der Waals surface area contributed by atoms with E-state index in [1.165, 1.54) is 11.1 Å². The van der Waals surface area contributed by atoms with Crippen molar-refractivity contribution in [3.8, 4) is 0 Å². The predicted molar refractivity (Wildman–Crippen MR) is 135 cm³/mol. The van der Waals surface area contributed by atoms with E-state index < -0.39 is 5.60 Å². The first-order valence-electron chi connectivity index (χ1n) is 12.3. The van der Waals surface area contributed by atoms with E-state index in [-0.39, 0.29) is 12.0 Å². The van der Waals surface area contributed by atoms with Crippen molar-refractivity contribution in [1.82, 2.24) is 9.80 Å². The molecule has 1 saturated heterocycles. The highest BCUT2D eigenvalue weighted by atomic mass is 35.5. The van der Waals surface area contributed by atoms with Gasteiger partial charge in [0.2, 0.25) is 0 Å². The molecule has 6 heteroatoms. The van der Waals surface area contributed by atoms with Crippen LogP contribution in [0.5, 0.6) is 0 Å². The number of hydrogen-bond donors (Lipinski definition) is 0. The fourth-order valence-electron chi connectivity index (χ4n) is 4.85. The number of fused-ring (bicyclic) bond motifs is 1. The summed E-state index contributed by atoms with van der Waals surface area (Å²) >= 11 is 6.60. The van der Waals surface area contributed by atoms with Crippen molar-refractivity contribution >= 4 is 23.6 Å². The van der Waals surface area contributed by atoms with Gasteiger partial charge in [-0.2, -0.15) is 0 Å². The van der Waals surface area contributed by atoms with E-state index in [1.54, 1.807) is 4.90 Å². The molecule has 0 N–H and O–H groups in total. The van der Waals surface area contributed by atoms with E-state index in [2.05, 4.69) is 37.3 Å². The first kappa shape index (κ1) is 24.6. The Bertz CT molecular complexity index is 1050. The number of piperidine rings is 1. The van der Waals surface area contributed by atoms with E-state index in [0.29, 0.717) is 42.7 Å². The van der Waals surface area contributed by atoms with Crippen molar-refractivity contribution in [3.63, 3.8) is 0 Å². The average Bonchev–Trinajstić information content (AvgIpc) is 3.09. The van der Waals surface area contributed by atoms with Crippen molar-refractivity contribution in [2.24, 2.45) is 5.92 Å². The lowest BCUT2D eigenvalue weighted by Crippen LogP contribution is -2.42. The lowest BCUT2D eigenvalue weighted by molar-refractivity contribution is 0.0184. The molecule has 0 unspecified atom stereocenters. The Morgan fingerprint density at radius 3 is 2.32 bits per heavy atom. The Morgan fingerprint density at radius 1 is 1.06 bits per heavy atom. The molecule has 34 heavy (non-hydrogen) atoms. The molecule has 2 aliphatic heterocycles. The Labute approximate surface area is 208 Å². The van der Waals surface area contributed by atoms with Gasteiger partial charge in [0.15, 0.2) is 0 Å². The van der Waals surface area contributed by atoms with Gasteiger partial charge in [0.05, 0.1) is 10.6 Å². The molecule has 2 aliphatic rings. The monoisotopic (exact) mass is 482 g/mol. The van der Waals surface area contributed by atoms with Crippen LogP contribution >= 0.6 is 11.6 Å². The van der Waals surface area contributed by atoms with Gasteiger partial charge in [0.1, 0.15) is 5.60 Å². The van der Waals surface area contributed by atoms with Gasteiger partial charge in [-0.1, -0.05) is 48.9 Å². The van der Waals surface area contributed by atoms with Crippen LogP contribution in [0.4, 0.5) is 4.79 Å². The first-order valence-corrected chi connectivity index (χ1v) is 12.7. The molecule has 2 heterocycles. The maximum Gasteiger partial charge on any atom is 0.410 e. The summed E-state index contributed by atoms with van der Waals surface area (Å²) in [4.78, 5) is 29.0. The molecule has 4 rings (SSSR count). The van der Waals surface area contributed by atoms with Gasteiger partial charge in [-0.15, -0.1) is 0 Å². The molecule has 5 nitrogen and oxygen atoms in total. The number of carbonyl (C=O) groups is 2. The van der Waals surface area contributed by atoms with Crippen LogP contribution < -0.4 is 0 Å². The number of benzene rings is 2. The minimum absolute atomic E-state index is 0.0109. The molecule has 2 aromatic rings. The van der Waals surface area contributed by atoms with E-state index in [4.69, 9.17) is 16.3 Å². The predicted octanol–water partition coefficient (Wildman–Crippen LogP) is 6.25. The quantitative estimate of drug-likeness (QED) is 0.506. The van der Waals surface area contributed by atoms with E-state index in [1.807, 2.05) is 31.7 Å². The van der Waals surface area contributed by atoms with Crippen LogP contribution in [-0.2, 0) is 30.7 Å². The molecule has 0 bridgehead atoms. The molecule has 1 fully saturated rings. The van der Waals surface area contributed by atoms with Crippen molar-refractivity contribution in [2.75, 3.05) is 13.1 Å². The number of likely N-dealkylation sites (tertiary alicyclic amines) is 1. The fourth-order valence-corrected chi connectivity index (χ4v) is 5.19. The Balaban J connectivity index is 1.37. The summed E-state index contributed by atoms with van der Waals surface area (Å²) < 4.78 is 5.50. The molecule has 0 radical (unpaired) electrons. The maximum absolute atomic E-state index is 13.0. The Kier molecular flexibility index (Phi) is 7.22. The first-order chi connectivity index (χ1) is 16.1. The molecule has 0 atom stereocenters. The summed E-state index contributed by atoms with van der Waals surface area (Å²) in [6.07, 6.45) is 3.56. The molecule has 0 saturated carbocycles. The third-order valence-corrected chi connectivity index (χ3v) is 6.99. The van der Waals surface area contributed by atoms with Gasteiger partial charge in [0, 0.05) is 26.2 Å². The lowest BCUT2D eigenvalue weighted by atomic mass is 9.89. The van der Waals surface area contributed by atoms with Crippen molar-refractivity contribution in [3.05, 3.63) is 69.2 Å². The normalized spacial score (nSPS) is 16.7. The molecule has 0 aliphatic carbocycles. The molecule has 2 amide bonds. The Morgan fingerprint density at radius 2 is 1.71 bits per heavy atom. The van der Waals surface area contributed by atoms with Crippen LogP contribution in [0.25, 0.3) is 0 Å².